The van der Waals surface area contributed by atoms with Crippen LogP contribution in [0.1, 0.15) is 23.7 Å². The van der Waals surface area contributed by atoms with Crippen LogP contribution < -0.4 is 5.32 Å². The average molecular weight is 239 g/mol. The largest absolute Gasteiger partial charge is 0.467 e. The van der Waals surface area contributed by atoms with E-state index in [-0.39, 0.29) is 5.56 Å². The lowest BCUT2D eigenvalue weighted by atomic mass is 10.1. The zero-order chi connectivity index (χ0) is 12.8. The predicted octanol–water partition coefficient (Wildman–Crippen LogP) is 1.51. The molecule has 0 fully saturated rings. The molecule has 1 N–H and O–H groups in total. The summed E-state index contributed by atoms with van der Waals surface area (Å²) in [6.07, 6.45) is 0.410. The smallest absolute Gasteiger partial charge is 0.328 e. The van der Waals surface area contributed by atoms with Crippen molar-refractivity contribution >= 4 is 11.9 Å². The lowest BCUT2D eigenvalue weighted by Crippen LogP contribution is -2.41. The summed E-state index contributed by atoms with van der Waals surface area (Å²) in [5.74, 6) is -1.51. The van der Waals surface area contributed by atoms with E-state index in [1.165, 1.54) is 25.3 Å². The number of hydrogen-bond donors (Lipinski definition) is 1. The highest BCUT2D eigenvalue weighted by atomic mass is 19.1. The minimum absolute atomic E-state index is 0.173. The number of carbonyl (C=O) groups excluding carboxylic acids is 2. The third kappa shape index (κ3) is 3.55. The van der Waals surface area contributed by atoms with E-state index in [4.69, 9.17) is 0 Å². The molecule has 0 unspecified atom stereocenters. The number of nitrogens with one attached hydrogen (secondary N) is 1. The Morgan fingerprint density at radius 2 is 2.18 bits per heavy atom. The van der Waals surface area contributed by atoms with Gasteiger partial charge >= 0.3 is 5.97 Å². The van der Waals surface area contributed by atoms with Crippen molar-refractivity contribution in [1.82, 2.24) is 5.32 Å². The van der Waals surface area contributed by atoms with Gasteiger partial charge in [-0.1, -0.05) is 13.0 Å². The van der Waals surface area contributed by atoms with Gasteiger partial charge < -0.3 is 10.1 Å². The van der Waals surface area contributed by atoms with Gasteiger partial charge in [0.1, 0.15) is 11.9 Å². The molecule has 0 aromatic heterocycles. The molecule has 0 spiro atoms. The molecule has 1 rings (SSSR count). The van der Waals surface area contributed by atoms with Crippen molar-refractivity contribution in [2.45, 2.75) is 19.4 Å². The fourth-order valence-corrected chi connectivity index (χ4v) is 1.34. The molecule has 1 amide bonds. The van der Waals surface area contributed by atoms with Gasteiger partial charge in [-0.05, 0) is 24.6 Å². The van der Waals surface area contributed by atoms with E-state index in [2.05, 4.69) is 10.1 Å². The SMILES string of the molecule is CC[C@H](NC(=O)c1cccc(F)c1)C(=O)OC. The summed E-state index contributed by atoms with van der Waals surface area (Å²) in [5.41, 5.74) is 0.173. The van der Waals surface area contributed by atoms with Crippen molar-refractivity contribution in [3.05, 3.63) is 35.6 Å². The number of carbonyl (C=O) groups is 2. The van der Waals surface area contributed by atoms with Gasteiger partial charge in [0.25, 0.3) is 5.91 Å². The number of amides is 1. The fraction of sp³-hybridized carbons (Fsp3) is 0.333. The Morgan fingerprint density at radius 1 is 1.47 bits per heavy atom. The van der Waals surface area contributed by atoms with E-state index in [1.54, 1.807) is 6.92 Å². The normalized spacial score (nSPS) is 11.7. The monoisotopic (exact) mass is 239 g/mol. The molecule has 0 saturated heterocycles. The number of esters is 1. The van der Waals surface area contributed by atoms with Gasteiger partial charge in [-0.2, -0.15) is 0 Å². The van der Waals surface area contributed by atoms with E-state index in [1.807, 2.05) is 0 Å². The maximum absolute atomic E-state index is 12.9. The van der Waals surface area contributed by atoms with Crippen molar-refractivity contribution in [1.29, 1.82) is 0 Å². The van der Waals surface area contributed by atoms with Crippen LogP contribution >= 0.6 is 0 Å². The highest BCUT2D eigenvalue weighted by Crippen LogP contribution is 2.04. The molecule has 0 bridgehead atoms. The zero-order valence-corrected chi connectivity index (χ0v) is 9.70. The van der Waals surface area contributed by atoms with Gasteiger partial charge in [0, 0.05) is 5.56 Å². The van der Waals surface area contributed by atoms with Gasteiger partial charge in [-0.15, -0.1) is 0 Å². The topological polar surface area (TPSA) is 55.4 Å². The van der Waals surface area contributed by atoms with Gasteiger partial charge in [0.2, 0.25) is 0 Å². The number of ether oxygens (including phenoxy) is 1. The molecule has 5 heteroatoms. The third-order valence-electron chi connectivity index (χ3n) is 2.29. The second kappa shape index (κ2) is 5.98. The molecular formula is C12H14FNO3. The molecule has 1 aromatic rings. The summed E-state index contributed by atoms with van der Waals surface area (Å²) >= 11 is 0. The maximum atomic E-state index is 12.9. The summed E-state index contributed by atoms with van der Waals surface area (Å²) < 4.78 is 17.4. The van der Waals surface area contributed by atoms with Crippen molar-refractivity contribution < 1.29 is 18.7 Å². The first-order valence-electron chi connectivity index (χ1n) is 5.22. The van der Waals surface area contributed by atoms with Crippen LogP contribution in [0, 0.1) is 5.82 Å². The van der Waals surface area contributed by atoms with Crippen LogP contribution in [0.4, 0.5) is 4.39 Å². The van der Waals surface area contributed by atoms with Gasteiger partial charge in [-0.3, -0.25) is 4.79 Å². The lowest BCUT2D eigenvalue weighted by molar-refractivity contribution is -0.142. The van der Waals surface area contributed by atoms with E-state index in [9.17, 15) is 14.0 Å². The quantitative estimate of drug-likeness (QED) is 0.810. The van der Waals surface area contributed by atoms with Crippen LogP contribution in [-0.2, 0) is 9.53 Å². The highest BCUT2D eigenvalue weighted by Gasteiger charge is 2.19. The van der Waals surface area contributed by atoms with E-state index in [0.717, 1.165) is 6.07 Å². The summed E-state index contributed by atoms with van der Waals surface area (Å²) in [7, 11) is 1.25. The Labute approximate surface area is 98.8 Å². The Morgan fingerprint density at radius 3 is 2.71 bits per heavy atom. The fourth-order valence-electron chi connectivity index (χ4n) is 1.34. The second-order valence-electron chi connectivity index (χ2n) is 3.47. The van der Waals surface area contributed by atoms with Crippen molar-refractivity contribution in [3.63, 3.8) is 0 Å². The predicted molar refractivity (Wildman–Crippen MR) is 60.0 cm³/mol. The van der Waals surface area contributed by atoms with E-state index >= 15 is 0 Å². The molecule has 0 heterocycles. The van der Waals surface area contributed by atoms with Crippen LogP contribution in [0.5, 0.6) is 0 Å². The van der Waals surface area contributed by atoms with Crippen molar-refractivity contribution in [2.24, 2.45) is 0 Å². The molecule has 0 aliphatic carbocycles. The molecule has 0 saturated carbocycles. The summed E-state index contributed by atoms with van der Waals surface area (Å²) in [5, 5.41) is 2.48. The van der Waals surface area contributed by atoms with Crippen LogP contribution in [0.2, 0.25) is 0 Å². The highest BCUT2D eigenvalue weighted by molar-refractivity contribution is 5.96. The van der Waals surface area contributed by atoms with E-state index in [0.29, 0.717) is 6.42 Å². The lowest BCUT2D eigenvalue weighted by Gasteiger charge is -2.14. The van der Waals surface area contributed by atoms with E-state index < -0.39 is 23.7 Å². The molecular weight excluding hydrogens is 225 g/mol. The Balaban J connectivity index is 2.74. The first-order valence-corrected chi connectivity index (χ1v) is 5.22. The number of methoxy groups -OCH3 is 1. The maximum Gasteiger partial charge on any atom is 0.328 e. The zero-order valence-electron chi connectivity index (χ0n) is 9.70. The number of rotatable bonds is 4. The molecule has 0 radical (unpaired) electrons. The van der Waals surface area contributed by atoms with Crippen LogP contribution in [0.25, 0.3) is 0 Å². The molecule has 17 heavy (non-hydrogen) atoms. The minimum atomic E-state index is -0.712. The van der Waals surface area contributed by atoms with Crippen molar-refractivity contribution in [3.8, 4) is 0 Å². The Kier molecular flexibility index (Phi) is 4.63. The number of hydrogen-bond acceptors (Lipinski definition) is 3. The second-order valence-corrected chi connectivity index (χ2v) is 3.47. The molecule has 1 atom stereocenters. The Bertz CT molecular complexity index is 420. The molecule has 0 aliphatic rings. The first kappa shape index (κ1) is 13.2. The van der Waals surface area contributed by atoms with Gasteiger partial charge in [-0.25, -0.2) is 9.18 Å². The molecule has 0 aliphatic heterocycles. The summed E-state index contributed by atoms with van der Waals surface area (Å²) in [4.78, 5) is 23.0. The Hall–Kier alpha value is -1.91. The average Bonchev–Trinajstić information content (AvgIpc) is 2.34. The number of halogens is 1. The summed E-state index contributed by atoms with van der Waals surface area (Å²) in [6.45, 7) is 1.74. The van der Waals surface area contributed by atoms with Crippen LogP contribution in [0.15, 0.2) is 24.3 Å². The van der Waals surface area contributed by atoms with Gasteiger partial charge in [0.15, 0.2) is 0 Å². The van der Waals surface area contributed by atoms with Crippen molar-refractivity contribution in [2.75, 3.05) is 7.11 Å². The van der Waals surface area contributed by atoms with Crippen LogP contribution in [-0.4, -0.2) is 25.0 Å². The number of benzene rings is 1. The molecule has 4 nitrogen and oxygen atoms in total. The summed E-state index contributed by atoms with van der Waals surface area (Å²) in [6, 6.07) is 4.55. The van der Waals surface area contributed by atoms with Crippen LogP contribution in [0.3, 0.4) is 0 Å². The first-order chi connectivity index (χ1) is 8.08. The van der Waals surface area contributed by atoms with Gasteiger partial charge in [0.05, 0.1) is 7.11 Å². The molecule has 1 aromatic carbocycles. The minimum Gasteiger partial charge on any atom is -0.467 e. The third-order valence-corrected chi connectivity index (χ3v) is 2.29. The molecule has 92 valence electrons. The standard InChI is InChI=1S/C12H14FNO3/c1-3-10(12(16)17-2)14-11(15)8-5-4-6-9(13)7-8/h4-7,10H,3H2,1-2H3,(H,14,15)/t10-/m0/s1.